The normalized spacial score (nSPS) is 17.6. The molecule has 0 radical (unpaired) electrons. The van der Waals surface area contributed by atoms with Gasteiger partial charge in [-0.3, -0.25) is 9.74 Å². The topological polar surface area (TPSA) is 29.5 Å². The summed E-state index contributed by atoms with van der Waals surface area (Å²) in [5.74, 6) is -1.01. The molecule has 0 unspecified atom stereocenters. The van der Waals surface area contributed by atoms with E-state index in [0.717, 1.165) is 30.5 Å². The summed E-state index contributed by atoms with van der Waals surface area (Å²) in [6, 6.07) is 4.75. The molecular formula is C17H20ClF4NO2. The molecule has 0 bridgehead atoms. The third-order valence-electron chi connectivity index (χ3n) is 4.52. The van der Waals surface area contributed by atoms with Gasteiger partial charge < -0.3 is 4.90 Å². The quantitative estimate of drug-likeness (QED) is 0.520. The fourth-order valence-electron chi connectivity index (χ4n) is 3.19. The molecule has 1 saturated carbocycles. The van der Waals surface area contributed by atoms with Gasteiger partial charge in [0.15, 0.2) is 5.75 Å². The van der Waals surface area contributed by atoms with Crippen LogP contribution in [0.3, 0.4) is 0 Å². The number of rotatable bonds is 2. The van der Waals surface area contributed by atoms with E-state index in [-0.39, 0.29) is 17.5 Å². The third-order valence-corrected chi connectivity index (χ3v) is 4.75. The highest BCUT2D eigenvalue weighted by Crippen LogP contribution is 2.37. The average Bonchev–Trinajstić information content (AvgIpc) is 3.04. The monoisotopic (exact) mass is 381 g/mol. The predicted octanol–water partition coefficient (Wildman–Crippen LogP) is 5.21. The maximum atomic E-state index is 11.9. The molecule has 0 saturated heterocycles. The van der Waals surface area contributed by atoms with Gasteiger partial charge in [0, 0.05) is 16.8 Å². The Hall–Kier alpha value is -1.50. The largest absolute Gasteiger partial charge is 0.391 e. The SMILES string of the molecule is FC(F)(F)C1CCCCC1.O=C(CCl)N1CCc2cc(OF)ccc21. The second kappa shape index (κ2) is 8.74. The summed E-state index contributed by atoms with van der Waals surface area (Å²) >= 11 is 5.48. The van der Waals surface area contributed by atoms with Crippen molar-refractivity contribution in [1.82, 2.24) is 0 Å². The van der Waals surface area contributed by atoms with Gasteiger partial charge in [0.2, 0.25) is 5.91 Å². The van der Waals surface area contributed by atoms with Crippen LogP contribution in [0, 0.1) is 5.92 Å². The minimum absolute atomic E-state index is 0.0409. The number of carbonyl (C=O) groups excluding carboxylic acids is 1. The Morgan fingerprint density at radius 1 is 1.24 bits per heavy atom. The third kappa shape index (κ3) is 5.23. The van der Waals surface area contributed by atoms with Crippen molar-refractivity contribution >= 4 is 23.2 Å². The number of hydrogen-bond acceptors (Lipinski definition) is 2. The lowest BCUT2D eigenvalue weighted by Gasteiger charge is -2.23. The van der Waals surface area contributed by atoms with Gasteiger partial charge in [-0.05, 0) is 43.0 Å². The van der Waals surface area contributed by atoms with Crippen molar-refractivity contribution in [2.75, 3.05) is 17.3 Å². The van der Waals surface area contributed by atoms with Crippen LogP contribution in [0.4, 0.5) is 23.4 Å². The van der Waals surface area contributed by atoms with Crippen molar-refractivity contribution in [3.05, 3.63) is 23.8 Å². The first kappa shape index (κ1) is 19.8. The fraction of sp³-hybridized carbons (Fsp3) is 0.588. The van der Waals surface area contributed by atoms with Gasteiger partial charge in [0.25, 0.3) is 0 Å². The number of alkyl halides is 4. The van der Waals surface area contributed by atoms with Crippen LogP contribution in [0.15, 0.2) is 18.2 Å². The average molecular weight is 382 g/mol. The molecule has 1 fully saturated rings. The Balaban J connectivity index is 0.000000196. The lowest BCUT2D eigenvalue weighted by molar-refractivity contribution is -0.181. The minimum atomic E-state index is -3.93. The molecule has 25 heavy (non-hydrogen) atoms. The van der Waals surface area contributed by atoms with E-state index in [1.165, 1.54) is 6.07 Å². The van der Waals surface area contributed by atoms with Crippen molar-refractivity contribution in [2.45, 2.75) is 44.7 Å². The first-order chi connectivity index (χ1) is 11.9. The van der Waals surface area contributed by atoms with Gasteiger partial charge in [-0.1, -0.05) is 19.3 Å². The Morgan fingerprint density at radius 2 is 1.92 bits per heavy atom. The molecule has 1 aromatic carbocycles. The first-order valence-corrected chi connectivity index (χ1v) is 8.75. The van der Waals surface area contributed by atoms with E-state index in [9.17, 15) is 22.5 Å². The predicted molar refractivity (Wildman–Crippen MR) is 87.6 cm³/mol. The lowest BCUT2D eigenvalue weighted by Crippen LogP contribution is -2.29. The summed E-state index contributed by atoms with van der Waals surface area (Å²) in [5, 5.41) is 0. The highest BCUT2D eigenvalue weighted by atomic mass is 35.5. The van der Waals surface area contributed by atoms with Crippen LogP contribution >= 0.6 is 11.6 Å². The number of nitrogens with zero attached hydrogens (tertiary/aromatic N) is 1. The number of hydrogen-bond donors (Lipinski definition) is 0. The number of amides is 1. The van der Waals surface area contributed by atoms with Crippen molar-refractivity contribution < 1.29 is 27.4 Å². The van der Waals surface area contributed by atoms with Crippen molar-refractivity contribution in [1.29, 1.82) is 0 Å². The molecular weight excluding hydrogens is 362 g/mol. The van der Waals surface area contributed by atoms with Gasteiger partial charge in [0.1, 0.15) is 5.88 Å². The molecule has 8 heteroatoms. The van der Waals surface area contributed by atoms with Crippen LogP contribution in [-0.2, 0) is 11.2 Å². The van der Waals surface area contributed by atoms with Crippen LogP contribution in [0.1, 0.15) is 37.7 Å². The number of benzene rings is 1. The molecule has 1 amide bonds. The maximum Gasteiger partial charge on any atom is 0.391 e. The highest BCUT2D eigenvalue weighted by Gasteiger charge is 2.39. The zero-order valence-corrected chi connectivity index (χ0v) is 14.4. The molecule has 140 valence electrons. The van der Waals surface area contributed by atoms with Crippen molar-refractivity contribution in [3.8, 4) is 5.75 Å². The number of halogens is 5. The van der Waals surface area contributed by atoms with Gasteiger partial charge in [-0.2, -0.15) is 13.2 Å². The molecule has 2 aliphatic rings. The zero-order chi connectivity index (χ0) is 18.4. The summed E-state index contributed by atoms with van der Waals surface area (Å²) in [4.78, 5) is 16.7. The van der Waals surface area contributed by atoms with Crippen molar-refractivity contribution in [3.63, 3.8) is 0 Å². The number of fused-ring (bicyclic) bond motifs is 1. The van der Waals surface area contributed by atoms with Gasteiger partial charge in [-0.25, -0.2) is 0 Å². The summed E-state index contributed by atoms with van der Waals surface area (Å²) in [6.07, 6.45) is -0.0382. The van der Waals surface area contributed by atoms with E-state index in [1.54, 1.807) is 17.0 Å². The van der Waals surface area contributed by atoms with Crippen molar-refractivity contribution in [2.24, 2.45) is 5.92 Å². The zero-order valence-electron chi connectivity index (χ0n) is 13.6. The summed E-state index contributed by atoms with van der Waals surface area (Å²) < 4.78 is 47.7. The van der Waals surface area contributed by atoms with Gasteiger partial charge in [0.05, 0.1) is 5.92 Å². The fourth-order valence-corrected chi connectivity index (χ4v) is 3.33. The van der Waals surface area contributed by atoms with E-state index >= 15 is 0 Å². The summed E-state index contributed by atoms with van der Waals surface area (Å²) in [7, 11) is 0. The Bertz CT molecular complexity index is 589. The smallest absolute Gasteiger partial charge is 0.311 e. The van der Waals surface area contributed by atoms with Crippen LogP contribution in [0.25, 0.3) is 0 Å². The second-order valence-corrected chi connectivity index (χ2v) is 6.44. The van der Waals surface area contributed by atoms with E-state index in [0.29, 0.717) is 25.8 Å². The van der Waals surface area contributed by atoms with E-state index in [4.69, 9.17) is 11.6 Å². The first-order valence-electron chi connectivity index (χ1n) is 8.21. The Kier molecular flexibility index (Phi) is 6.93. The molecule has 0 aromatic heterocycles. The minimum Gasteiger partial charge on any atom is -0.311 e. The molecule has 3 nitrogen and oxygen atoms in total. The summed E-state index contributed by atoms with van der Waals surface area (Å²) in [5.41, 5.74) is 1.70. The molecule has 1 aliphatic heterocycles. The highest BCUT2D eigenvalue weighted by molar-refractivity contribution is 6.29. The molecule has 0 spiro atoms. The standard InChI is InChI=1S/C10H9ClFNO2.C7H11F3/c11-6-10(14)13-4-3-7-5-8(15-12)1-2-9(7)13;8-7(9,10)6-4-2-1-3-5-6/h1-2,5H,3-4,6H2;6H,1-5H2. The molecule has 0 atom stereocenters. The van der Waals surface area contributed by atoms with Crippen LogP contribution in [0.5, 0.6) is 5.75 Å². The Labute approximate surface area is 148 Å². The van der Waals surface area contributed by atoms with Crippen LogP contribution in [-0.4, -0.2) is 24.5 Å². The Morgan fingerprint density at radius 3 is 2.44 bits per heavy atom. The summed E-state index contributed by atoms with van der Waals surface area (Å²) in [6.45, 7) is 0.594. The maximum absolute atomic E-state index is 11.9. The van der Waals surface area contributed by atoms with Gasteiger partial charge in [-0.15, -0.1) is 11.6 Å². The second-order valence-electron chi connectivity index (χ2n) is 6.17. The molecule has 1 aliphatic carbocycles. The van der Waals surface area contributed by atoms with Crippen LogP contribution in [0.2, 0.25) is 0 Å². The van der Waals surface area contributed by atoms with Gasteiger partial charge >= 0.3 is 6.18 Å². The van der Waals surface area contributed by atoms with E-state index < -0.39 is 12.1 Å². The molecule has 1 heterocycles. The van der Waals surface area contributed by atoms with Crippen LogP contribution < -0.4 is 9.84 Å². The number of anilines is 1. The van der Waals surface area contributed by atoms with E-state index in [1.807, 2.05) is 0 Å². The number of carbonyl (C=O) groups is 1. The van der Waals surface area contributed by atoms with E-state index in [2.05, 4.69) is 4.94 Å². The lowest BCUT2D eigenvalue weighted by atomic mass is 9.89. The molecule has 0 N–H and O–H groups in total. The molecule has 1 aromatic rings. The molecule has 3 rings (SSSR count).